The number of hydrogen-bond acceptors (Lipinski definition) is 19. The van der Waals surface area contributed by atoms with Gasteiger partial charge < -0.3 is 95.6 Å². The van der Waals surface area contributed by atoms with E-state index in [1.165, 1.54) is 32.3 Å². The summed E-state index contributed by atoms with van der Waals surface area (Å²) in [6.45, 7) is -4.39. The van der Waals surface area contributed by atoms with Gasteiger partial charge in [0, 0.05) is 56.4 Å². The molecule has 4 aliphatic rings. The van der Waals surface area contributed by atoms with E-state index in [-0.39, 0.29) is 80.3 Å². The van der Waals surface area contributed by atoms with Gasteiger partial charge in [-0.3, -0.25) is 28.8 Å². The number of pyridine rings is 3. The molecule has 90 heavy (non-hydrogen) atoms. The van der Waals surface area contributed by atoms with Gasteiger partial charge in [0.25, 0.3) is 17.7 Å². The minimum Gasteiger partial charge on any atom is -0.483 e. The van der Waals surface area contributed by atoms with Crippen molar-refractivity contribution < 1.29 is 74.6 Å². The molecule has 3 amide bonds. The van der Waals surface area contributed by atoms with Gasteiger partial charge >= 0.3 is 0 Å². The number of rotatable bonds is 31. The molecule has 14 N–H and O–H groups in total. The molecule has 0 aliphatic heterocycles. The summed E-state index contributed by atoms with van der Waals surface area (Å²) in [5.74, 6) is -3.49. The number of amides is 3. The zero-order valence-corrected chi connectivity index (χ0v) is 49.6. The second-order valence-corrected chi connectivity index (χ2v) is 24.6. The minimum absolute atomic E-state index is 0.0937. The van der Waals surface area contributed by atoms with Crippen LogP contribution in [0.25, 0.3) is 0 Å². The van der Waals surface area contributed by atoms with Crippen LogP contribution in [0.1, 0.15) is 86.7 Å². The first kappa shape index (κ1) is 66.3. The maximum absolute atomic E-state index is 15.1. The van der Waals surface area contributed by atoms with Crippen LogP contribution in [0.5, 0.6) is 17.2 Å². The minimum atomic E-state index is -1.62. The SMILES string of the molecule is NCC12CC3(CNC(=O)c4c(OCc5ccccc5)c(=O)ccn4CC(O)C(O)CO)CC(CNC(=O)c4c(OCc5ccccc5)c(=O)ccn4CC(O)C(O)CO)(C1)CC(CNC(=O)c1c(OCc4ccccc4)c(=O)ccn1CC(O)C(O)CO)(C2)C3. The highest BCUT2D eigenvalue weighted by atomic mass is 16.5. The fraction of sp³-hybridized carbons (Fsp3) is 0.446. The highest BCUT2D eigenvalue weighted by Gasteiger charge is 2.67. The van der Waals surface area contributed by atoms with Crippen LogP contribution >= 0.6 is 0 Å². The smallest absolute Gasteiger partial charge is 0.271 e. The molecule has 0 radical (unpaired) electrons. The van der Waals surface area contributed by atoms with Crippen LogP contribution in [-0.2, 0) is 39.5 Å². The Morgan fingerprint density at radius 3 is 0.911 bits per heavy atom. The summed E-state index contributed by atoms with van der Waals surface area (Å²) in [7, 11) is 0. The number of carbonyl (C=O) groups is 3. The third-order valence-corrected chi connectivity index (χ3v) is 17.6. The lowest BCUT2D eigenvalue weighted by Crippen LogP contribution is -2.68. The highest BCUT2D eigenvalue weighted by molar-refractivity contribution is 5.96. The Morgan fingerprint density at radius 1 is 0.411 bits per heavy atom. The van der Waals surface area contributed by atoms with Crippen molar-refractivity contribution in [3.8, 4) is 17.2 Å². The standard InChI is InChI=1S/C65H79N7O18/c66-37-62-31-63(38-67-59(85)53-56(88-28-41-10-4-1-5-11-41)44(76)16-19-70(53)22-47(79)50(82)25-73)34-64(32-62,39-68-60(86)54-57(89-29-42-12-6-2-7-13-42)45(77)17-20-71(54)23-48(80)51(83)26-74)36-65(33-62,35-63)40-69-61(87)55-58(90-30-43-14-8-3-9-15-43)46(78)18-21-72(55)24-49(81)52(84)27-75/h1-21,47-52,73-75,79-84H,22-40,66H2,(H,67,85)(H,68,86)(H,69,87). The first-order valence-corrected chi connectivity index (χ1v) is 29.8. The van der Waals surface area contributed by atoms with E-state index in [0.29, 0.717) is 55.2 Å². The van der Waals surface area contributed by atoms with Crippen molar-refractivity contribution in [3.05, 3.63) is 192 Å². The Labute approximate surface area is 517 Å². The highest BCUT2D eigenvalue weighted by Crippen LogP contribution is 2.73. The van der Waals surface area contributed by atoms with Gasteiger partial charge in [-0.05, 0) is 83.4 Å². The summed E-state index contributed by atoms with van der Waals surface area (Å²) in [6, 6.07) is 30.0. The van der Waals surface area contributed by atoms with E-state index in [0.717, 1.165) is 18.2 Å². The van der Waals surface area contributed by atoms with Crippen LogP contribution in [0.2, 0.25) is 0 Å². The molecule has 25 heteroatoms. The van der Waals surface area contributed by atoms with E-state index in [2.05, 4.69) is 16.0 Å². The van der Waals surface area contributed by atoms with Crippen LogP contribution in [0, 0.1) is 21.7 Å². The molecule has 4 bridgehead atoms. The van der Waals surface area contributed by atoms with Crippen molar-refractivity contribution >= 4 is 17.7 Å². The molecule has 3 aromatic carbocycles. The number of ether oxygens (including phenoxy) is 3. The van der Waals surface area contributed by atoms with Crippen LogP contribution in [0.4, 0.5) is 0 Å². The molecule has 4 saturated carbocycles. The second kappa shape index (κ2) is 28.8. The average molecular weight is 1250 g/mol. The molecule has 0 saturated heterocycles. The summed E-state index contributed by atoms with van der Waals surface area (Å²) in [4.78, 5) is 86.7. The summed E-state index contributed by atoms with van der Waals surface area (Å²) in [5, 5.41) is 103. The molecule has 0 spiro atoms. The third kappa shape index (κ3) is 15.2. The Hall–Kier alpha value is -8.08. The van der Waals surface area contributed by atoms with Crippen LogP contribution in [-0.4, -0.2) is 160 Å². The van der Waals surface area contributed by atoms with Crippen molar-refractivity contribution in [2.24, 2.45) is 27.4 Å². The van der Waals surface area contributed by atoms with Gasteiger partial charge in [-0.2, -0.15) is 0 Å². The molecule has 3 aromatic heterocycles. The quantitative estimate of drug-likeness (QED) is 0.0271. The van der Waals surface area contributed by atoms with E-state index in [9.17, 15) is 60.3 Å². The lowest BCUT2D eigenvalue weighted by Gasteiger charge is -2.71. The molecule has 3 heterocycles. The fourth-order valence-electron chi connectivity index (χ4n) is 14.1. The van der Waals surface area contributed by atoms with E-state index in [1.54, 1.807) is 91.0 Å². The van der Waals surface area contributed by atoms with Crippen molar-refractivity contribution in [1.29, 1.82) is 0 Å². The normalized spacial score (nSPS) is 21.9. The molecule has 4 fully saturated rings. The number of aliphatic hydroxyl groups is 9. The molecule has 6 unspecified atom stereocenters. The lowest BCUT2D eigenvalue weighted by atomic mass is 9.35. The Balaban J connectivity index is 1.10. The predicted molar refractivity (Wildman–Crippen MR) is 325 cm³/mol. The number of nitrogens with one attached hydrogen (secondary N) is 3. The summed E-state index contributed by atoms with van der Waals surface area (Å²) in [5.41, 5.74) is 2.52. The first-order chi connectivity index (χ1) is 43.2. The van der Waals surface area contributed by atoms with Gasteiger partial charge in [0.2, 0.25) is 16.3 Å². The summed E-state index contributed by atoms with van der Waals surface area (Å²) < 4.78 is 22.1. The third-order valence-electron chi connectivity index (χ3n) is 17.6. The van der Waals surface area contributed by atoms with Crippen LogP contribution in [0.15, 0.2) is 142 Å². The number of nitrogens with zero attached hydrogens (tertiary/aromatic N) is 3. The van der Waals surface area contributed by atoms with Crippen molar-refractivity contribution in [2.45, 2.75) is 115 Å². The molecule has 25 nitrogen and oxygen atoms in total. The molecular formula is C65H79N7O18. The van der Waals surface area contributed by atoms with Crippen LogP contribution < -0.4 is 52.2 Å². The van der Waals surface area contributed by atoms with Gasteiger partial charge in [-0.1, -0.05) is 91.0 Å². The molecule has 10 rings (SSSR count). The van der Waals surface area contributed by atoms with Crippen molar-refractivity contribution in [3.63, 3.8) is 0 Å². The van der Waals surface area contributed by atoms with Gasteiger partial charge in [0.05, 0.1) is 57.8 Å². The topological polar surface area (TPSA) is 389 Å². The van der Waals surface area contributed by atoms with E-state index < -0.39 is 132 Å². The zero-order valence-electron chi connectivity index (χ0n) is 49.6. The summed E-state index contributed by atoms with van der Waals surface area (Å²) >= 11 is 0. The second-order valence-electron chi connectivity index (χ2n) is 24.6. The van der Waals surface area contributed by atoms with Crippen molar-refractivity contribution in [2.75, 3.05) is 46.0 Å². The predicted octanol–water partition coefficient (Wildman–Crippen LogP) is -0.0735. The van der Waals surface area contributed by atoms with E-state index >= 15 is 14.4 Å². The number of aliphatic hydroxyl groups excluding tert-OH is 9. The molecule has 6 aromatic rings. The number of hydrogen-bond donors (Lipinski definition) is 13. The van der Waals surface area contributed by atoms with Crippen LogP contribution in [0.3, 0.4) is 0 Å². The molecule has 6 atom stereocenters. The molecule has 482 valence electrons. The van der Waals surface area contributed by atoms with Gasteiger partial charge in [-0.15, -0.1) is 0 Å². The van der Waals surface area contributed by atoms with E-state index in [1.807, 2.05) is 0 Å². The van der Waals surface area contributed by atoms with E-state index in [4.69, 9.17) is 19.9 Å². The Bertz CT molecular complexity index is 3260. The number of carbonyl (C=O) groups excluding carboxylic acids is 3. The fourth-order valence-corrected chi connectivity index (χ4v) is 14.1. The maximum atomic E-state index is 15.1. The number of benzene rings is 3. The lowest BCUT2D eigenvalue weighted by molar-refractivity contribution is -0.192. The maximum Gasteiger partial charge on any atom is 0.271 e. The molecular weight excluding hydrogens is 1170 g/mol. The summed E-state index contributed by atoms with van der Waals surface area (Å²) in [6.07, 6.45) is -3.66. The Morgan fingerprint density at radius 2 is 0.667 bits per heavy atom. The number of nitrogens with two attached hydrogens (primary N) is 1. The Kier molecular flexibility index (Phi) is 21.2. The zero-order chi connectivity index (χ0) is 64.4. The number of aromatic nitrogens is 3. The van der Waals surface area contributed by atoms with Gasteiger partial charge in [-0.25, -0.2) is 0 Å². The molecule has 4 aliphatic carbocycles. The van der Waals surface area contributed by atoms with Crippen molar-refractivity contribution in [1.82, 2.24) is 29.7 Å². The monoisotopic (exact) mass is 1250 g/mol. The largest absolute Gasteiger partial charge is 0.483 e. The first-order valence-electron chi connectivity index (χ1n) is 29.8. The average Bonchev–Trinajstić information content (AvgIpc) is 0.690. The van der Waals surface area contributed by atoms with Gasteiger partial charge in [0.15, 0.2) is 34.3 Å². The van der Waals surface area contributed by atoms with Gasteiger partial charge in [0.1, 0.15) is 38.1 Å².